The average Bonchev–Trinajstić information content (AvgIpc) is 2.38. The van der Waals surface area contributed by atoms with Gasteiger partial charge < -0.3 is 5.32 Å². The summed E-state index contributed by atoms with van der Waals surface area (Å²) in [4.78, 5) is 0. The summed E-state index contributed by atoms with van der Waals surface area (Å²) in [7, 11) is 1.79. The summed E-state index contributed by atoms with van der Waals surface area (Å²) in [5, 5.41) is 3.74. The Bertz CT molecular complexity index is 599. The number of hydrogen-bond acceptors (Lipinski definition) is 1. The zero-order valence-electron chi connectivity index (χ0n) is 10.8. The molecule has 0 radical (unpaired) electrons. The van der Waals surface area contributed by atoms with Crippen LogP contribution in [0.3, 0.4) is 0 Å². The lowest BCUT2D eigenvalue weighted by molar-refractivity contribution is 0.562. The Morgan fingerprint density at radius 1 is 1.15 bits per heavy atom. The van der Waals surface area contributed by atoms with Gasteiger partial charge in [-0.1, -0.05) is 27.5 Å². The number of hydrogen-bond donors (Lipinski definition) is 1. The monoisotopic (exact) mass is 359 g/mol. The quantitative estimate of drug-likeness (QED) is 0.819. The van der Waals surface area contributed by atoms with Gasteiger partial charge in [-0.25, -0.2) is 8.78 Å². The molecular weight excluding hydrogens is 348 g/mol. The first kappa shape index (κ1) is 15.4. The highest BCUT2D eigenvalue weighted by atomic mass is 79.9. The van der Waals surface area contributed by atoms with Gasteiger partial charge in [-0.05, 0) is 54.9 Å². The fourth-order valence-electron chi connectivity index (χ4n) is 2.11. The molecule has 0 aliphatic heterocycles. The van der Waals surface area contributed by atoms with E-state index in [1.54, 1.807) is 13.1 Å². The lowest BCUT2D eigenvalue weighted by Crippen LogP contribution is -2.19. The van der Waals surface area contributed by atoms with Gasteiger partial charge in [0.2, 0.25) is 0 Å². The van der Waals surface area contributed by atoms with Gasteiger partial charge in [-0.15, -0.1) is 0 Å². The van der Waals surface area contributed by atoms with Crippen molar-refractivity contribution in [3.8, 4) is 0 Å². The molecule has 2 aromatic rings. The first-order valence-corrected chi connectivity index (χ1v) is 7.24. The summed E-state index contributed by atoms with van der Waals surface area (Å²) in [5.74, 6) is -1.15. The van der Waals surface area contributed by atoms with Gasteiger partial charge in [0.15, 0.2) is 0 Å². The first-order chi connectivity index (χ1) is 9.49. The molecule has 2 aromatic carbocycles. The van der Waals surface area contributed by atoms with Crippen LogP contribution in [0.25, 0.3) is 0 Å². The van der Waals surface area contributed by atoms with E-state index in [-0.39, 0.29) is 6.04 Å². The molecule has 0 spiro atoms. The van der Waals surface area contributed by atoms with Gasteiger partial charge in [0.25, 0.3) is 0 Å². The van der Waals surface area contributed by atoms with E-state index in [0.29, 0.717) is 17.0 Å². The summed E-state index contributed by atoms with van der Waals surface area (Å²) < 4.78 is 27.4. The Kier molecular flexibility index (Phi) is 5.13. The molecule has 0 bridgehead atoms. The molecule has 0 saturated carbocycles. The highest BCUT2D eigenvalue weighted by Crippen LogP contribution is 2.29. The molecule has 20 heavy (non-hydrogen) atoms. The highest BCUT2D eigenvalue weighted by Gasteiger charge is 2.15. The van der Waals surface area contributed by atoms with Gasteiger partial charge in [0.1, 0.15) is 11.6 Å². The molecule has 0 amide bonds. The van der Waals surface area contributed by atoms with E-state index in [0.717, 1.165) is 16.1 Å². The van der Waals surface area contributed by atoms with Gasteiger partial charge >= 0.3 is 0 Å². The van der Waals surface area contributed by atoms with Crippen LogP contribution in [-0.4, -0.2) is 7.05 Å². The van der Waals surface area contributed by atoms with Gasteiger partial charge in [0.05, 0.1) is 0 Å². The van der Waals surface area contributed by atoms with Crippen molar-refractivity contribution in [2.75, 3.05) is 7.05 Å². The van der Waals surface area contributed by atoms with Crippen molar-refractivity contribution in [1.82, 2.24) is 5.32 Å². The van der Waals surface area contributed by atoms with Crippen molar-refractivity contribution in [2.45, 2.75) is 12.5 Å². The smallest absolute Gasteiger partial charge is 0.126 e. The Hall–Kier alpha value is -0.970. The molecule has 0 aliphatic rings. The topological polar surface area (TPSA) is 12.0 Å². The van der Waals surface area contributed by atoms with Crippen LogP contribution in [0.5, 0.6) is 0 Å². The molecule has 0 aliphatic carbocycles. The van der Waals surface area contributed by atoms with Crippen LogP contribution in [0.15, 0.2) is 40.9 Å². The van der Waals surface area contributed by atoms with Crippen LogP contribution >= 0.6 is 27.5 Å². The lowest BCUT2D eigenvalue weighted by atomic mass is 9.99. The van der Waals surface area contributed by atoms with Crippen molar-refractivity contribution in [2.24, 2.45) is 0 Å². The molecule has 1 atom stereocenters. The zero-order chi connectivity index (χ0) is 14.7. The maximum absolute atomic E-state index is 13.2. The van der Waals surface area contributed by atoms with Crippen molar-refractivity contribution in [3.05, 3.63) is 68.7 Å². The highest BCUT2D eigenvalue weighted by molar-refractivity contribution is 9.10. The second kappa shape index (κ2) is 6.66. The van der Waals surface area contributed by atoms with Crippen LogP contribution in [0.1, 0.15) is 17.2 Å². The predicted molar refractivity (Wildman–Crippen MR) is 81.0 cm³/mol. The average molecular weight is 361 g/mol. The van der Waals surface area contributed by atoms with Crippen LogP contribution in [-0.2, 0) is 6.42 Å². The molecule has 1 unspecified atom stereocenters. The van der Waals surface area contributed by atoms with E-state index in [1.165, 1.54) is 12.1 Å². The van der Waals surface area contributed by atoms with Crippen LogP contribution in [0.2, 0.25) is 5.02 Å². The molecule has 5 heteroatoms. The predicted octanol–water partition coefficient (Wildman–Crippen LogP) is 4.88. The van der Waals surface area contributed by atoms with Crippen LogP contribution in [0, 0.1) is 11.6 Å². The van der Waals surface area contributed by atoms with Crippen molar-refractivity contribution in [3.63, 3.8) is 0 Å². The normalized spacial score (nSPS) is 12.4. The van der Waals surface area contributed by atoms with Gasteiger partial charge in [-0.2, -0.15) is 0 Å². The summed E-state index contributed by atoms with van der Waals surface area (Å²) >= 11 is 9.59. The van der Waals surface area contributed by atoms with E-state index >= 15 is 0 Å². The number of likely N-dealkylation sites (N-methyl/N-ethyl adjacent to an activating group) is 1. The van der Waals surface area contributed by atoms with Crippen LogP contribution < -0.4 is 5.32 Å². The Morgan fingerprint density at radius 3 is 2.40 bits per heavy atom. The SMILES string of the molecule is CNC(Cc1cc(F)cc(F)c1)c1cc(Br)ccc1Cl. The van der Waals surface area contributed by atoms with Crippen molar-refractivity contribution in [1.29, 1.82) is 0 Å². The standard InChI is InChI=1S/C15H13BrClF2N/c1-20-15(13-7-10(16)2-3-14(13)17)6-9-4-11(18)8-12(19)5-9/h2-5,7-8,15,20H,6H2,1H3. The van der Waals surface area contributed by atoms with E-state index in [9.17, 15) is 8.78 Å². The minimum Gasteiger partial charge on any atom is -0.313 e. The van der Waals surface area contributed by atoms with Crippen LogP contribution in [0.4, 0.5) is 8.78 Å². The summed E-state index contributed by atoms with van der Waals surface area (Å²) in [6.07, 6.45) is 0.446. The maximum Gasteiger partial charge on any atom is 0.126 e. The molecule has 0 saturated heterocycles. The Balaban J connectivity index is 2.31. The second-order valence-corrected chi connectivity index (χ2v) is 5.81. The fraction of sp³-hybridized carbons (Fsp3) is 0.200. The molecule has 0 fully saturated rings. The van der Waals surface area contributed by atoms with E-state index in [4.69, 9.17) is 11.6 Å². The third-order valence-corrected chi connectivity index (χ3v) is 3.88. The molecule has 1 N–H and O–H groups in total. The number of benzene rings is 2. The number of halogens is 4. The summed E-state index contributed by atoms with van der Waals surface area (Å²) in [6.45, 7) is 0. The molecule has 106 valence electrons. The number of rotatable bonds is 4. The molecule has 1 nitrogen and oxygen atoms in total. The third kappa shape index (κ3) is 3.78. The molecular formula is C15H13BrClF2N. The largest absolute Gasteiger partial charge is 0.313 e. The van der Waals surface area contributed by atoms with Crippen molar-refractivity contribution < 1.29 is 8.78 Å². The second-order valence-electron chi connectivity index (χ2n) is 4.49. The zero-order valence-corrected chi connectivity index (χ0v) is 13.1. The number of nitrogens with one attached hydrogen (secondary N) is 1. The third-order valence-electron chi connectivity index (χ3n) is 3.04. The first-order valence-electron chi connectivity index (χ1n) is 6.07. The minimum absolute atomic E-state index is 0.124. The molecule has 0 aromatic heterocycles. The summed E-state index contributed by atoms with van der Waals surface area (Å²) in [6, 6.07) is 8.95. The fourth-order valence-corrected chi connectivity index (χ4v) is 2.74. The Labute approximate surface area is 130 Å². The summed E-state index contributed by atoms with van der Waals surface area (Å²) in [5.41, 5.74) is 1.46. The maximum atomic E-state index is 13.2. The van der Waals surface area contributed by atoms with Crippen molar-refractivity contribution >= 4 is 27.5 Å². The van der Waals surface area contributed by atoms with Gasteiger partial charge in [-0.3, -0.25) is 0 Å². The minimum atomic E-state index is -0.574. The Morgan fingerprint density at radius 2 is 1.80 bits per heavy atom. The van der Waals surface area contributed by atoms with E-state index < -0.39 is 11.6 Å². The molecule has 2 rings (SSSR count). The van der Waals surface area contributed by atoms with Gasteiger partial charge in [0, 0.05) is 21.6 Å². The van der Waals surface area contributed by atoms with E-state index in [1.807, 2.05) is 12.1 Å². The molecule has 0 heterocycles. The van der Waals surface area contributed by atoms with E-state index in [2.05, 4.69) is 21.2 Å². The lowest BCUT2D eigenvalue weighted by Gasteiger charge is -2.18.